The maximum absolute atomic E-state index is 5.02. The van der Waals surface area contributed by atoms with Crippen LogP contribution in [0.5, 0.6) is 0 Å². The minimum absolute atomic E-state index is 0.692. The van der Waals surface area contributed by atoms with Crippen LogP contribution in [0, 0.1) is 0 Å². The molecule has 10 aromatic carbocycles. The molecular formula is C60H42N4. The van der Waals surface area contributed by atoms with Crippen LogP contribution in [0.4, 0.5) is 17.1 Å². The van der Waals surface area contributed by atoms with Crippen molar-refractivity contribution in [3.8, 4) is 73.0 Å². The first-order valence-electron chi connectivity index (χ1n) is 21.7. The van der Waals surface area contributed by atoms with E-state index in [1.165, 1.54) is 38.6 Å². The Balaban J connectivity index is 0.909. The van der Waals surface area contributed by atoms with E-state index in [1.807, 2.05) is 53.2 Å². The van der Waals surface area contributed by atoms with Crippen molar-refractivity contribution in [2.45, 2.75) is 0 Å². The predicted molar refractivity (Wildman–Crippen MR) is 266 cm³/mol. The lowest BCUT2D eigenvalue weighted by atomic mass is 9.89. The number of aromatic nitrogens is 3. The van der Waals surface area contributed by atoms with Gasteiger partial charge in [-0.1, -0.05) is 200 Å². The van der Waals surface area contributed by atoms with Gasteiger partial charge in [0.1, 0.15) is 0 Å². The summed E-state index contributed by atoms with van der Waals surface area (Å²) in [6, 6.07) is 90.1. The smallest absolute Gasteiger partial charge is 0.182 e. The van der Waals surface area contributed by atoms with Crippen LogP contribution in [0.15, 0.2) is 255 Å². The first-order chi connectivity index (χ1) is 31.7. The third-order valence-corrected chi connectivity index (χ3v) is 11.9. The summed E-state index contributed by atoms with van der Waals surface area (Å²) in [4.78, 5) is 7.34. The minimum Gasteiger partial charge on any atom is -0.311 e. The molecule has 0 aliphatic rings. The molecule has 0 saturated heterocycles. The minimum atomic E-state index is 0.692. The van der Waals surface area contributed by atoms with Crippen LogP contribution in [0.25, 0.3) is 83.7 Å². The van der Waals surface area contributed by atoms with Crippen molar-refractivity contribution in [1.82, 2.24) is 14.8 Å². The molecule has 0 bridgehead atoms. The number of anilines is 3. The summed E-state index contributed by atoms with van der Waals surface area (Å²) >= 11 is 0. The fourth-order valence-corrected chi connectivity index (χ4v) is 8.68. The molecule has 4 nitrogen and oxygen atoms in total. The molecule has 0 amide bonds. The van der Waals surface area contributed by atoms with E-state index in [-0.39, 0.29) is 0 Å². The van der Waals surface area contributed by atoms with E-state index in [1.54, 1.807) is 0 Å². The molecule has 302 valence electrons. The van der Waals surface area contributed by atoms with Gasteiger partial charge in [0.05, 0.1) is 5.69 Å². The quantitative estimate of drug-likeness (QED) is 0.138. The molecule has 64 heavy (non-hydrogen) atoms. The fourth-order valence-electron chi connectivity index (χ4n) is 8.68. The van der Waals surface area contributed by atoms with E-state index in [0.717, 1.165) is 56.4 Å². The molecule has 0 radical (unpaired) electrons. The molecule has 0 N–H and O–H groups in total. The van der Waals surface area contributed by atoms with E-state index in [4.69, 9.17) is 10.1 Å². The lowest BCUT2D eigenvalue weighted by Gasteiger charge is -2.26. The van der Waals surface area contributed by atoms with Gasteiger partial charge in [-0.15, -0.1) is 5.10 Å². The van der Waals surface area contributed by atoms with E-state index in [9.17, 15) is 0 Å². The van der Waals surface area contributed by atoms with Gasteiger partial charge in [0.25, 0.3) is 0 Å². The van der Waals surface area contributed by atoms with Gasteiger partial charge in [0.15, 0.2) is 11.6 Å². The maximum Gasteiger partial charge on any atom is 0.182 e. The zero-order chi connectivity index (χ0) is 42.7. The van der Waals surface area contributed by atoms with Crippen molar-refractivity contribution >= 4 is 27.8 Å². The summed E-state index contributed by atoms with van der Waals surface area (Å²) in [7, 11) is 0. The van der Waals surface area contributed by atoms with Crippen LogP contribution in [0.1, 0.15) is 0 Å². The van der Waals surface area contributed by atoms with Gasteiger partial charge in [-0.3, -0.25) is 0 Å². The standard InChI is InChI=1S/C60H42N4/c1-4-17-47(18-5-1)59-61-60(48-19-6-2-7-20-48)64(62-59)54-40-34-46(35-41-54)56-25-13-15-27-58(56)57-26-14-12-24-55(57)45-32-38-53(39-33-45)63(51-22-8-3-9-23-51)52-36-30-44(31-37-52)50-29-28-43-16-10-11-21-49(43)42-50/h1-42H. The Hall–Kier alpha value is -8.60. The highest BCUT2D eigenvalue weighted by Gasteiger charge is 2.18. The van der Waals surface area contributed by atoms with E-state index in [2.05, 4.69) is 211 Å². The van der Waals surface area contributed by atoms with Crippen LogP contribution >= 0.6 is 0 Å². The third-order valence-electron chi connectivity index (χ3n) is 11.9. The van der Waals surface area contributed by atoms with Gasteiger partial charge in [0, 0.05) is 28.2 Å². The maximum atomic E-state index is 5.02. The summed E-state index contributed by atoms with van der Waals surface area (Å²) < 4.78 is 1.95. The monoisotopic (exact) mass is 818 g/mol. The van der Waals surface area contributed by atoms with Gasteiger partial charge in [-0.05, 0) is 110 Å². The molecule has 1 aromatic heterocycles. The Bertz CT molecular complexity index is 3340. The number of fused-ring (bicyclic) bond motifs is 1. The van der Waals surface area contributed by atoms with Crippen LogP contribution in [0.2, 0.25) is 0 Å². The highest BCUT2D eigenvalue weighted by molar-refractivity contribution is 5.93. The lowest BCUT2D eigenvalue weighted by molar-refractivity contribution is 0.891. The Morgan fingerprint density at radius 3 is 1.33 bits per heavy atom. The van der Waals surface area contributed by atoms with Crippen molar-refractivity contribution in [2.24, 2.45) is 0 Å². The highest BCUT2D eigenvalue weighted by atomic mass is 15.4. The Kier molecular flexibility index (Phi) is 10.2. The first-order valence-corrected chi connectivity index (χ1v) is 21.7. The van der Waals surface area contributed by atoms with Gasteiger partial charge in [-0.2, -0.15) is 0 Å². The predicted octanol–water partition coefficient (Wildman–Crippen LogP) is 15.9. The SMILES string of the molecule is c1ccc(-c2nc(-c3ccccc3)n(-c3ccc(-c4ccccc4-c4ccccc4-c4ccc(N(c5ccccc5)c5ccc(-c6ccc7ccccc7c6)cc5)cc4)cc3)n2)cc1. The number of benzene rings is 10. The fraction of sp³-hybridized carbons (Fsp3) is 0. The number of hydrogen-bond acceptors (Lipinski definition) is 3. The second kappa shape index (κ2) is 17.0. The van der Waals surface area contributed by atoms with Gasteiger partial charge in [-0.25, -0.2) is 9.67 Å². The average Bonchev–Trinajstić information content (AvgIpc) is 3.84. The van der Waals surface area contributed by atoms with Crippen molar-refractivity contribution in [2.75, 3.05) is 4.90 Å². The summed E-state index contributed by atoms with van der Waals surface area (Å²) in [5.74, 6) is 1.49. The largest absolute Gasteiger partial charge is 0.311 e. The van der Waals surface area contributed by atoms with Crippen molar-refractivity contribution in [1.29, 1.82) is 0 Å². The summed E-state index contributed by atoms with van der Waals surface area (Å²) in [5, 5.41) is 7.51. The van der Waals surface area contributed by atoms with E-state index < -0.39 is 0 Å². The molecule has 11 rings (SSSR count). The average molecular weight is 819 g/mol. The Labute approximate surface area is 373 Å². The second-order valence-corrected chi connectivity index (χ2v) is 15.9. The highest BCUT2D eigenvalue weighted by Crippen LogP contribution is 2.41. The first kappa shape index (κ1) is 38.3. The number of nitrogens with zero attached hydrogens (tertiary/aromatic N) is 4. The Morgan fingerprint density at radius 2 is 0.734 bits per heavy atom. The van der Waals surface area contributed by atoms with Crippen LogP contribution < -0.4 is 4.90 Å². The summed E-state index contributed by atoms with van der Waals surface area (Å²) in [6.07, 6.45) is 0. The summed E-state index contributed by atoms with van der Waals surface area (Å²) in [6.45, 7) is 0. The Morgan fingerprint density at radius 1 is 0.297 bits per heavy atom. The van der Waals surface area contributed by atoms with Crippen molar-refractivity contribution < 1.29 is 0 Å². The molecular weight excluding hydrogens is 777 g/mol. The number of rotatable bonds is 10. The van der Waals surface area contributed by atoms with Crippen LogP contribution in [-0.2, 0) is 0 Å². The molecule has 0 aliphatic heterocycles. The molecule has 1 heterocycles. The van der Waals surface area contributed by atoms with Crippen LogP contribution in [-0.4, -0.2) is 14.8 Å². The molecule has 0 atom stereocenters. The van der Waals surface area contributed by atoms with Crippen LogP contribution in [0.3, 0.4) is 0 Å². The zero-order valence-electron chi connectivity index (χ0n) is 35.0. The molecule has 0 saturated carbocycles. The van der Waals surface area contributed by atoms with Gasteiger partial charge in [0.2, 0.25) is 0 Å². The lowest BCUT2D eigenvalue weighted by Crippen LogP contribution is -2.09. The molecule has 0 aliphatic carbocycles. The van der Waals surface area contributed by atoms with Gasteiger partial charge < -0.3 is 4.90 Å². The molecule has 11 aromatic rings. The molecule has 0 spiro atoms. The van der Waals surface area contributed by atoms with E-state index >= 15 is 0 Å². The van der Waals surface area contributed by atoms with E-state index in [0.29, 0.717) is 5.82 Å². The zero-order valence-corrected chi connectivity index (χ0v) is 35.0. The molecule has 4 heteroatoms. The molecule has 0 unspecified atom stereocenters. The third kappa shape index (κ3) is 7.55. The topological polar surface area (TPSA) is 34.0 Å². The number of hydrogen-bond donors (Lipinski definition) is 0. The van der Waals surface area contributed by atoms with Gasteiger partial charge >= 0.3 is 0 Å². The summed E-state index contributed by atoms with van der Waals surface area (Å²) in [5.41, 5.74) is 15.6. The van der Waals surface area contributed by atoms with Crippen molar-refractivity contribution in [3.63, 3.8) is 0 Å². The number of para-hydroxylation sites is 1. The molecule has 0 fully saturated rings. The second-order valence-electron chi connectivity index (χ2n) is 15.9. The van der Waals surface area contributed by atoms with Crippen molar-refractivity contribution in [3.05, 3.63) is 255 Å². The normalized spacial score (nSPS) is 11.1.